The maximum Gasteiger partial charge on any atom is 0.143 e. The van der Waals surface area contributed by atoms with Crippen LogP contribution in [-0.4, -0.2) is 0 Å². The fraction of sp³-hybridized carbons (Fsp3) is 0.0698. The van der Waals surface area contributed by atoms with E-state index in [-0.39, 0.29) is 5.41 Å². The van der Waals surface area contributed by atoms with Crippen molar-refractivity contribution in [2.45, 2.75) is 19.3 Å². The number of rotatable bonds is 3. The van der Waals surface area contributed by atoms with Crippen LogP contribution in [0.1, 0.15) is 25.0 Å². The second kappa shape index (κ2) is 9.32. The molecule has 2 aromatic heterocycles. The van der Waals surface area contributed by atoms with Gasteiger partial charge in [-0.05, 0) is 76.2 Å². The number of hydrogen-bond donors (Lipinski definition) is 0. The van der Waals surface area contributed by atoms with Crippen LogP contribution in [-0.2, 0) is 5.41 Å². The minimum Gasteiger partial charge on any atom is -0.455 e. The second-order valence-electron chi connectivity index (χ2n) is 13.0. The Kier molecular flexibility index (Phi) is 5.25. The molecule has 9 aromatic rings. The summed E-state index contributed by atoms with van der Waals surface area (Å²) >= 11 is 1.86. The normalized spacial score (nSPS) is 13.6. The van der Waals surface area contributed by atoms with Crippen molar-refractivity contribution in [1.29, 1.82) is 0 Å². The van der Waals surface area contributed by atoms with Crippen molar-refractivity contribution < 1.29 is 4.42 Å². The van der Waals surface area contributed by atoms with Crippen LogP contribution in [0.2, 0.25) is 0 Å². The Balaban J connectivity index is 1.21. The number of thiophene rings is 1. The zero-order chi connectivity index (χ0) is 30.6. The molecule has 1 aliphatic rings. The Hall–Kier alpha value is -5.38. The molecule has 46 heavy (non-hydrogen) atoms. The smallest absolute Gasteiger partial charge is 0.143 e. The molecule has 0 aliphatic heterocycles. The molecule has 1 aliphatic carbocycles. The summed E-state index contributed by atoms with van der Waals surface area (Å²) in [6.45, 7) is 4.67. The third-order valence-corrected chi connectivity index (χ3v) is 11.2. The highest BCUT2D eigenvalue weighted by molar-refractivity contribution is 7.25. The van der Waals surface area contributed by atoms with E-state index in [1.165, 1.54) is 47.8 Å². The van der Waals surface area contributed by atoms with Crippen LogP contribution in [0.5, 0.6) is 0 Å². The highest BCUT2D eigenvalue weighted by Gasteiger charge is 2.35. The van der Waals surface area contributed by atoms with E-state index in [0.29, 0.717) is 0 Å². The summed E-state index contributed by atoms with van der Waals surface area (Å²) in [5, 5.41) is 7.23. The lowest BCUT2D eigenvalue weighted by atomic mass is 9.82. The molecule has 0 atom stereocenters. The molecule has 2 nitrogen and oxygen atoms in total. The lowest BCUT2D eigenvalue weighted by Crippen LogP contribution is -2.15. The monoisotopic (exact) mass is 607 g/mol. The fourth-order valence-corrected chi connectivity index (χ4v) is 8.92. The quantitative estimate of drug-likeness (QED) is 0.199. The van der Waals surface area contributed by atoms with Crippen molar-refractivity contribution >= 4 is 81.3 Å². The molecule has 3 heteroatoms. The molecule has 218 valence electrons. The standard InChI is InChI=1S/C43H29NOS/c1-43(2)37-13-7-5-11-31(37)36-23-27(18-22-38(36)43)44(29-17-21-34-33-12-6-8-14-40(33)46-41(34)25-29)28-16-20-32-35-19-15-26-9-3-4-10-30(26)42(35)45-39(32)24-28/h3-25H,1-2H3. The summed E-state index contributed by atoms with van der Waals surface area (Å²) in [6, 6.07) is 51.0. The average Bonchev–Trinajstić information content (AvgIpc) is 3.72. The Morgan fingerprint density at radius 2 is 1.15 bits per heavy atom. The van der Waals surface area contributed by atoms with Crippen LogP contribution >= 0.6 is 11.3 Å². The van der Waals surface area contributed by atoms with Gasteiger partial charge >= 0.3 is 0 Å². The predicted molar refractivity (Wildman–Crippen MR) is 196 cm³/mol. The van der Waals surface area contributed by atoms with E-state index in [1.807, 2.05) is 11.3 Å². The molecule has 0 saturated carbocycles. The Morgan fingerprint density at radius 3 is 2.07 bits per heavy atom. The topological polar surface area (TPSA) is 16.4 Å². The van der Waals surface area contributed by atoms with Gasteiger partial charge in [0.1, 0.15) is 11.2 Å². The number of nitrogens with zero attached hydrogens (tertiary/aromatic N) is 1. The van der Waals surface area contributed by atoms with E-state index in [2.05, 4.69) is 158 Å². The summed E-state index contributed by atoms with van der Waals surface area (Å²) in [7, 11) is 0. The first kappa shape index (κ1) is 25.9. The van der Waals surface area contributed by atoms with Gasteiger partial charge in [0.15, 0.2) is 0 Å². The zero-order valence-corrected chi connectivity index (χ0v) is 26.4. The van der Waals surface area contributed by atoms with Crippen molar-refractivity contribution in [1.82, 2.24) is 0 Å². The molecular formula is C43H29NOS. The Bertz CT molecular complexity index is 2690. The van der Waals surface area contributed by atoms with E-state index in [1.54, 1.807) is 0 Å². The molecule has 0 amide bonds. The van der Waals surface area contributed by atoms with Gasteiger partial charge in [-0.3, -0.25) is 0 Å². The lowest BCUT2D eigenvalue weighted by molar-refractivity contribution is 0.660. The van der Waals surface area contributed by atoms with Crippen LogP contribution < -0.4 is 4.90 Å². The highest BCUT2D eigenvalue weighted by Crippen LogP contribution is 2.51. The molecule has 0 N–H and O–H groups in total. The molecule has 0 fully saturated rings. The molecule has 0 radical (unpaired) electrons. The fourth-order valence-electron chi connectivity index (χ4n) is 7.78. The SMILES string of the molecule is CC1(C)c2ccccc2-c2cc(N(c3ccc4c(c3)oc3c5ccccc5ccc43)c3ccc4c(c3)sc3ccccc34)ccc21. The van der Waals surface area contributed by atoms with Gasteiger partial charge in [-0.2, -0.15) is 0 Å². The van der Waals surface area contributed by atoms with Crippen molar-refractivity contribution in [3.05, 3.63) is 151 Å². The summed E-state index contributed by atoms with van der Waals surface area (Å²) < 4.78 is 9.26. The molecule has 7 aromatic carbocycles. The minimum absolute atomic E-state index is 0.0404. The van der Waals surface area contributed by atoms with Crippen molar-refractivity contribution in [2.24, 2.45) is 0 Å². The van der Waals surface area contributed by atoms with Gasteiger partial charge in [0.05, 0.1) is 0 Å². The third-order valence-electron chi connectivity index (χ3n) is 10.1. The van der Waals surface area contributed by atoms with Gasteiger partial charge in [-0.1, -0.05) is 98.8 Å². The molecule has 10 rings (SSSR count). The number of anilines is 3. The largest absolute Gasteiger partial charge is 0.455 e. The predicted octanol–water partition coefficient (Wildman–Crippen LogP) is 12.9. The van der Waals surface area contributed by atoms with Gasteiger partial charge in [-0.15, -0.1) is 11.3 Å². The molecule has 2 heterocycles. The number of hydrogen-bond acceptors (Lipinski definition) is 3. The van der Waals surface area contributed by atoms with Gasteiger partial charge in [0.2, 0.25) is 0 Å². The first-order chi connectivity index (χ1) is 22.5. The summed E-state index contributed by atoms with van der Waals surface area (Å²) in [4.78, 5) is 2.39. The van der Waals surface area contributed by atoms with Gasteiger partial charge in [-0.25, -0.2) is 0 Å². The van der Waals surface area contributed by atoms with Crippen LogP contribution in [0, 0.1) is 0 Å². The van der Waals surface area contributed by atoms with E-state index in [9.17, 15) is 0 Å². The van der Waals surface area contributed by atoms with E-state index in [0.717, 1.165) is 44.4 Å². The number of benzene rings is 7. The van der Waals surface area contributed by atoms with Crippen LogP contribution in [0.25, 0.3) is 64.0 Å². The summed E-state index contributed by atoms with van der Waals surface area (Å²) in [5.74, 6) is 0. The molecule has 0 bridgehead atoms. The molecule has 0 unspecified atom stereocenters. The van der Waals surface area contributed by atoms with Crippen molar-refractivity contribution in [2.75, 3.05) is 4.90 Å². The molecular weight excluding hydrogens is 579 g/mol. The molecule has 0 spiro atoms. The van der Waals surface area contributed by atoms with Crippen molar-refractivity contribution in [3.63, 3.8) is 0 Å². The Labute approximate surface area is 270 Å². The summed E-state index contributed by atoms with van der Waals surface area (Å²) in [5.41, 5.74) is 10.5. The van der Waals surface area contributed by atoms with Crippen LogP contribution in [0.4, 0.5) is 17.1 Å². The average molecular weight is 608 g/mol. The highest BCUT2D eigenvalue weighted by atomic mass is 32.1. The van der Waals surface area contributed by atoms with Crippen molar-refractivity contribution in [3.8, 4) is 11.1 Å². The lowest BCUT2D eigenvalue weighted by Gasteiger charge is -2.27. The first-order valence-corrected chi connectivity index (χ1v) is 16.7. The van der Waals surface area contributed by atoms with Crippen LogP contribution in [0.15, 0.2) is 144 Å². The maximum atomic E-state index is 6.66. The maximum absolute atomic E-state index is 6.66. The van der Waals surface area contributed by atoms with E-state index < -0.39 is 0 Å². The number of furan rings is 1. The molecule has 0 saturated heterocycles. The summed E-state index contributed by atoms with van der Waals surface area (Å²) in [6.07, 6.45) is 0. The van der Waals surface area contributed by atoms with E-state index >= 15 is 0 Å². The Morgan fingerprint density at radius 1 is 0.500 bits per heavy atom. The van der Waals surface area contributed by atoms with Gasteiger partial charge in [0, 0.05) is 64.9 Å². The third kappa shape index (κ3) is 3.58. The van der Waals surface area contributed by atoms with Crippen LogP contribution in [0.3, 0.4) is 0 Å². The first-order valence-electron chi connectivity index (χ1n) is 15.8. The minimum atomic E-state index is -0.0404. The van der Waals surface area contributed by atoms with Gasteiger partial charge < -0.3 is 9.32 Å². The zero-order valence-electron chi connectivity index (χ0n) is 25.5. The van der Waals surface area contributed by atoms with Gasteiger partial charge in [0.25, 0.3) is 0 Å². The second-order valence-corrected chi connectivity index (χ2v) is 14.0. The van der Waals surface area contributed by atoms with E-state index in [4.69, 9.17) is 4.42 Å². The number of fused-ring (bicyclic) bond motifs is 11.